The van der Waals surface area contributed by atoms with Crippen molar-refractivity contribution in [3.63, 3.8) is 0 Å². The second-order valence-electron chi connectivity index (χ2n) is 6.73. The fourth-order valence-electron chi connectivity index (χ4n) is 3.09. The molecule has 1 N–H and O–H groups in total. The summed E-state index contributed by atoms with van der Waals surface area (Å²) in [5.41, 5.74) is 1.77. The first kappa shape index (κ1) is 18.0. The van der Waals surface area contributed by atoms with E-state index in [2.05, 4.69) is 5.32 Å². The minimum atomic E-state index is -0.333. The van der Waals surface area contributed by atoms with E-state index in [4.69, 9.17) is 4.74 Å². The van der Waals surface area contributed by atoms with E-state index in [1.807, 2.05) is 68.4 Å². The number of nitrogens with one attached hydrogen (secondary N) is 1. The average Bonchev–Trinajstić information content (AvgIpc) is 3.03. The fourth-order valence-corrected chi connectivity index (χ4v) is 3.09. The van der Waals surface area contributed by atoms with Crippen molar-refractivity contribution in [3.05, 3.63) is 60.2 Å². The number of benzene rings is 2. The van der Waals surface area contributed by atoms with Gasteiger partial charge in [0.05, 0.1) is 12.0 Å². The first-order valence-corrected chi connectivity index (χ1v) is 8.92. The Morgan fingerprint density at radius 2 is 1.85 bits per heavy atom. The highest BCUT2D eigenvalue weighted by Gasteiger charge is 2.34. The van der Waals surface area contributed by atoms with Gasteiger partial charge in [-0.1, -0.05) is 36.4 Å². The molecule has 0 bridgehead atoms. The Labute approximate surface area is 154 Å². The predicted molar refractivity (Wildman–Crippen MR) is 101 cm³/mol. The lowest BCUT2D eigenvalue weighted by atomic mass is 10.1. The minimum Gasteiger partial charge on any atom is -0.491 e. The number of nitrogens with zero attached hydrogens (tertiary/aromatic N) is 1. The molecule has 2 aromatic rings. The maximum absolute atomic E-state index is 12.5. The Hall–Kier alpha value is -2.82. The third kappa shape index (κ3) is 4.23. The molecule has 26 heavy (non-hydrogen) atoms. The summed E-state index contributed by atoms with van der Waals surface area (Å²) in [6, 6.07) is 17.1. The Morgan fingerprint density at radius 1 is 1.15 bits per heavy atom. The zero-order chi connectivity index (χ0) is 18.5. The largest absolute Gasteiger partial charge is 0.491 e. The Balaban J connectivity index is 1.61. The second kappa shape index (κ2) is 8.04. The molecule has 1 aliphatic heterocycles. The molecule has 0 saturated carbocycles. The quantitative estimate of drug-likeness (QED) is 0.869. The van der Waals surface area contributed by atoms with Gasteiger partial charge in [-0.15, -0.1) is 0 Å². The van der Waals surface area contributed by atoms with Gasteiger partial charge in [-0.2, -0.15) is 0 Å². The van der Waals surface area contributed by atoms with Gasteiger partial charge in [0.15, 0.2) is 0 Å². The average molecular weight is 352 g/mol. The van der Waals surface area contributed by atoms with Crippen molar-refractivity contribution in [2.75, 3.05) is 11.4 Å². The second-order valence-corrected chi connectivity index (χ2v) is 6.73. The van der Waals surface area contributed by atoms with Crippen molar-refractivity contribution in [2.24, 2.45) is 5.92 Å². The number of anilines is 1. The van der Waals surface area contributed by atoms with Crippen molar-refractivity contribution < 1.29 is 14.3 Å². The molecule has 0 unspecified atom stereocenters. The third-order valence-electron chi connectivity index (χ3n) is 4.35. The van der Waals surface area contributed by atoms with Gasteiger partial charge < -0.3 is 15.0 Å². The van der Waals surface area contributed by atoms with Crippen molar-refractivity contribution in [1.29, 1.82) is 0 Å². The molecule has 3 rings (SSSR count). The van der Waals surface area contributed by atoms with Crippen LogP contribution < -0.4 is 15.0 Å². The van der Waals surface area contributed by atoms with Crippen LogP contribution in [0.1, 0.15) is 25.8 Å². The van der Waals surface area contributed by atoms with Crippen LogP contribution in [0.3, 0.4) is 0 Å². The molecule has 1 atom stereocenters. The smallest absolute Gasteiger partial charge is 0.227 e. The zero-order valence-electron chi connectivity index (χ0n) is 15.1. The molecule has 1 heterocycles. The van der Waals surface area contributed by atoms with E-state index in [1.165, 1.54) is 0 Å². The summed E-state index contributed by atoms with van der Waals surface area (Å²) in [4.78, 5) is 26.5. The van der Waals surface area contributed by atoms with Gasteiger partial charge >= 0.3 is 0 Å². The van der Waals surface area contributed by atoms with Crippen LogP contribution in [-0.2, 0) is 16.1 Å². The Kier molecular flexibility index (Phi) is 5.56. The third-order valence-corrected chi connectivity index (χ3v) is 4.35. The lowest BCUT2D eigenvalue weighted by Gasteiger charge is -2.17. The highest BCUT2D eigenvalue weighted by Crippen LogP contribution is 2.25. The standard InChI is InChI=1S/C21H24N2O3/c1-15(2)26-19-11-7-6-8-16(19)13-22-21(25)17-12-20(24)23(14-17)18-9-4-3-5-10-18/h3-11,15,17H,12-14H2,1-2H3,(H,22,25)/t17-/m0/s1. The fraction of sp³-hybridized carbons (Fsp3) is 0.333. The van der Waals surface area contributed by atoms with E-state index in [0.29, 0.717) is 13.1 Å². The lowest BCUT2D eigenvalue weighted by Crippen LogP contribution is -2.32. The van der Waals surface area contributed by atoms with Crippen LogP contribution in [0.25, 0.3) is 0 Å². The van der Waals surface area contributed by atoms with Crippen molar-refractivity contribution in [2.45, 2.75) is 32.9 Å². The van der Waals surface area contributed by atoms with E-state index < -0.39 is 0 Å². The van der Waals surface area contributed by atoms with Gasteiger partial charge in [-0.05, 0) is 32.0 Å². The number of para-hydroxylation sites is 2. The molecule has 0 spiro atoms. The molecule has 136 valence electrons. The summed E-state index contributed by atoms with van der Waals surface area (Å²) in [6.07, 6.45) is 0.309. The van der Waals surface area contributed by atoms with E-state index >= 15 is 0 Å². The number of amides is 2. The molecule has 0 aromatic heterocycles. The highest BCUT2D eigenvalue weighted by molar-refractivity contribution is 6.00. The molecule has 2 aromatic carbocycles. The summed E-state index contributed by atoms with van der Waals surface area (Å²) in [7, 11) is 0. The minimum absolute atomic E-state index is 0.0140. The van der Waals surface area contributed by atoms with Crippen LogP contribution in [-0.4, -0.2) is 24.5 Å². The van der Waals surface area contributed by atoms with Gasteiger partial charge in [-0.3, -0.25) is 9.59 Å². The summed E-state index contributed by atoms with van der Waals surface area (Å²) in [6.45, 7) is 4.74. The molecule has 1 saturated heterocycles. The van der Waals surface area contributed by atoms with Crippen LogP contribution in [0.2, 0.25) is 0 Å². The predicted octanol–water partition coefficient (Wildman–Crippen LogP) is 3.14. The number of carbonyl (C=O) groups excluding carboxylic acids is 2. The Morgan fingerprint density at radius 3 is 2.58 bits per heavy atom. The molecule has 1 fully saturated rings. The van der Waals surface area contributed by atoms with Crippen LogP contribution in [0.15, 0.2) is 54.6 Å². The van der Waals surface area contributed by atoms with Crippen LogP contribution in [0.4, 0.5) is 5.69 Å². The van der Waals surface area contributed by atoms with E-state index in [9.17, 15) is 9.59 Å². The summed E-state index contributed by atoms with van der Waals surface area (Å²) >= 11 is 0. The lowest BCUT2D eigenvalue weighted by molar-refractivity contribution is -0.126. The Bertz CT molecular complexity index is 774. The van der Waals surface area contributed by atoms with Crippen molar-refractivity contribution in [1.82, 2.24) is 5.32 Å². The SMILES string of the molecule is CC(C)Oc1ccccc1CNC(=O)[C@H]1CC(=O)N(c2ccccc2)C1. The maximum Gasteiger partial charge on any atom is 0.227 e. The van der Waals surface area contributed by atoms with Gasteiger partial charge in [0.25, 0.3) is 0 Å². The monoisotopic (exact) mass is 352 g/mol. The summed E-state index contributed by atoms with van der Waals surface area (Å²) in [5.74, 6) is 0.327. The summed E-state index contributed by atoms with van der Waals surface area (Å²) in [5, 5.41) is 2.95. The molecule has 1 aliphatic rings. The van der Waals surface area contributed by atoms with E-state index in [0.717, 1.165) is 17.0 Å². The van der Waals surface area contributed by atoms with Gasteiger partial charge in [0.1, 0.15) is 5.75 Å². The van der Waals surface area contributed by atoms with Crippen LogP contribution in [0, 0.1) is 5.92 Å². The molecule has 5 nitrogen and oxygen atoms in total. The molecule has 2 amide bonds. The number of ether oxygens (including phenoxy) is 1. The van der Waals surface area contributed by atoms with Crippen LogP contribution in [0.5, 0.6) is 5.75 Å². The van der Waals surface area contributed by atoms with Crippen molar-refractivity contribution >= 4 is 17.5 Å². The normalized spacial score (nSPS) is 16.8. The topological polar surface area (TPSA) is 58.6 Å². The number of carbonyl (C=O) groups is 2. The first-order chi connectivity index (χ1) is 12.5. The number of hydrogen-bond acceptors (Lipinski definition) is 3. The van der Waals surface area contributed by atoms with E-state index in [1.54, 1.807) is 4.90 Å². The molecule has 5 heteroatoms. The number of rotatable bonds is 6. The molecule has 0 radical (unpaired) electrons. The zero-order valence-corrected chi connectivity index (χ0v) is 15.1. The van der Waals surface area contributed by atoms with Gasteiger partial charge in [0.2, 0.25) is 11.8 Å². The van der Waals surface area contributed by atoms with Gasteiger partial charge in [0, 0.05) is 30.8 Å². The van der Waals surface area contributed by atoms with Crippen LogP contribution >= 0.6 is 0 Å². The highest BCUT2D eigenvalue weighted by atomic mass is 16.5. The van der Waals surface area contributed by atoms with E-state index in [-0.39, 0.29) is 30.3 Å². The summed E-state index contributed by atoms with van der Waals surface area (Å²) < 4.78 is 5.78. The van der Waals surface area contributed by atoms with Gasteiger partial charge in [-0.25, -0.2) is 0 Å². The molecular weight excluding hydrogens is 328 g/mol. The first-order valence-electron chi connectivity index (χ1n) is 8.92. The number of hydrogen-bond donors (Lipinski definition) is 1. The van der Waals surface area contributed by atoms with Crippen molar-refractivity contribution in [3.8, 4) is 5.75 Å². The molecule has 0 aliphatic carbocycles. The molecular formula is C21H24N2O3. The maximum atomic E-state index is 12.5.